The Morgan fingerprint density at radius 3 is 2.41 bits per heavy atom. The molecule has 0 unspecified atom stereocenters. The van der Waals surface area contributed by atoms with Crippen molar-refractivity contribution in [2.24, 2.45) is 14.1 Å². The number of nitrogens with zero attached hydrogens (tertiary/aromatic N) is 4. The number of aryl methyl sites for hydroxylation is 1. The first-order valence-corrected chi connectivity index (χ1v) is 6.73. The zero-order chi connectivity index (χ0) is 15.9. The standard InChI is InChI=1S/C14H11ClN4O3/c1-18-11-9(13(20)19(2)14(18)21)16-10(15)12(17-11)22-8-6-4-3-5-7-8/h3-7H,1-2H3. The molecular weight excluding hydrogens is 308 g/mol. The van der Waals surface area contributed by atoms with E-state index in [-0.39, 0.29) is 22.2 Å². The SMILES string of the molecule is Cn1c(=O)c2nc(Cl)c(Oc3ccccc3)nc2n(C)c1=O. The molecule has 0 bridgehead atoms. The summed E-state index contributed by atoms with van der Waals surface area (Å²) in [6.45, 7) is 0. The van der Waals surface area contributed by atoms with Crippen molar-refractivity contribution in [2.45, 2.75) is 0 Å². The van der Waals surface area contributed by atoms with Crippen LogP contribution in [0.3, 0.4) is 0 Å². The highest BCUT2D eigenvalue weighted by atomic mass is 35.5. The zero-order valence-electron chi connectivity index (χ0n) is 11.8. The zero-order valence-corrected chi connectivity index (χ0v) is 12.5. The number of ether oxygens (including phenoxy) is 1. The molecule has 2 heterocycles. The number of halogens is 1. The lowest BCUT2D eigenvalue weighted by molar-refractivity contribution is 0.461. The van der Waals surface area contributed by atoms with Crippen molar-refractivity contribution in [3.05, 3.63) is 56.3 Å². The minimum atomic E-state index is -0.557. The maximum absolute atomic E-state index is 12.1. The van der Waals surface area contributed by atoms with Gasteiger partial charge in [0.05, 0.1) is 0 Å². The Bertz CT molecular complexity index is 979. The molecule has 1 aromatic carbocycles. The van der Waals surface area contributed by atoms with Crippen LogP contribution in [-0.2, 0) is 14.1 Å². The summed E-state index contributed by atoms with van der Waals surface area (Å²) in [5.74, 6) is 0.551. The predicted molar refractivity (Wildman–Crippen MR) is 81.5 cm³/mol. The molecule has 0 amide bonds. The highest BCUT2D eigenvalue weighted by Crippen LogP contribution is 2.26. The lowest BCUT2D eigenvalue weighted by Gasteiger charge is -2.09. The van der Waals surface area contributed by atoms with Gasteiger partial charge < -0.3 is 4.74 Å². The van der Waals surface area contributed by atoms with Crippen LogP contribution in [0.4, 0.5) is 0 Å². The summed E-state index contributed by atoms with van der Waals surface area (Å²) >= 11 is 6.04. The average molecular weight is 319 g/mol. The minimum absolute atomic E-state index is 0.00927. The molecule has 0 saturated heterocycles. The van der Waals surface area contributed by atoms with Crippen molar-refractivity contribution in [1.82, 2.24) is 19.1 Å². The first kappa shape index (κ1) is 14.3. The van der Waals surface area contributed by atoms with E-state index in [4.69, 9.17) is 16.3 Å². The third-order valence-electron chi connectivity index (χ3n) is 3.16. The van der Waals surface area contributed by atoms with Crippen LogP contribution in [0, 0.1) is 0 Å². The molecule has 0 N–H and O–H groups in total. The van der Waals surface area contributed by atoms with E-state index in [2.05, 4.69) is 9.97 Å². The molecule has 3 rings (SSSR count). The van der Waals surface area contributed by atoms with Crippen LogP contribution in [-0.4, -0.2) is 19.1 Å². The number of hydrogen-bond acceptors (Lipinski definition) is 5. The van der Waals surface area contributed by atoms with E-state index in [1.54, 1.807) is 24.3 Å². The third-order valence-corrected chi connectivity index (χ3v) is 3.41. The molecule has 7 nitrogen and oxygen atoms in total. The quantitative estimate of drug-likeness (QED) is 0.715. The van der Waals surface area contributed by atoms with Gasteiger partial charge in [-0.3, -0.25) is 13.9 Å². The van der Waals surface area contributed by atoms with Crippen molar-refractivity contribution >= 4 is 22.8 Å². The Hall–Kier alpha value is -2.67. The molecule has 0 atom stereocenters. The molecular formula is C14H11ClN4O3. The Morgan fingerprint density at radius 2 is 1.73 bits per heavy atom. The lowest BCUT2D eigenvalue weighted by Crippen LogP contribution is -2.37. The molecule has 112 valence electrons. The smallest absolute Gasteiger partial charge is 0.332 e. The fourth-order valence-corrected chi connectivity index (χ4v) is 2.16. The minimum Gasteiger partial charge on any atom is -0.436 e. The normalized spacial score (nSPS) is 10.9. The van der Waals surface area contributed by atoms with Gasteiger partial charge in [0, 0.05) is 14.1 Å². The van der Waals surface area contributed by atoms with Gasteiger partial charge >= 0.3 is 5.69 Å². The summed E-state index contributed by atoms with van der Waals surface area (Å²) in [6.07, 6.45) is 0. The number of fused-ring (bicyclic) bond motifs is 1. The molecule has 0 aliphatic carbocycles. The number of rotatable bonds is 2. The first-order valence-electron chi connectivity index (χ1n) is 6.35. The second-order valence-corrected chi connectivity index (χ2v) is 4.97. The lowest BCUT2D eigenvalue weighted by atomic mass is 10.3. The summed E-state index contributed by atoms with van der Waals surface area (Å²) < 4.78 is 7.72. The second kappa shape index (κ2) is 5.27. The van der Waals surface area contributed by atoms with Crippen molar-refractivity contribution in [3.63, 3.8) is 0 Å². The van der Waals surface area contributed by atoms with Gasteiger partial charge in [-0.15, -0.1) is 0 Å². The molecule has 3 aromatic rings. The third kappa shape index (κ3) is 2.25. The fourth-order valence-electron chi connectivity index (χ4n) is 1.99. The highest BCUT2D eigenvalue weighted by Gasteiger charge is 2.16. The molecule has 0 radical (unpaired) electrons. The van der Waals surface area contributed by atoms with E-state index in [9.17, 15) is 9.59 Å². The summed E-state index contributed by atoms with van der Waals surface area (Å²) in [6, 6.07) is 8.89. The molecule has 2 aromatic heterocycles. The fraction of sp³-hybridized carbons (Fsp3) is 0.143. The van der Waals surface area contributed by atoms with E-state index >= 15 is 0 Å². The van der Waals surface area contributed by atoms with Gasteiger partial charge in [0.2, 0.25) is 0 Å². The molecule has 0 saturated carbocycles. The van der Waals surface area contributed by atoms with Crippen molar-refractivity contribution in [3.8, 4) is 11.6 Å². The molecule has 8 heteroatoms. The van der Waals surface area contributed by atoms with E-state index in [1.165, 1.54) is 18.7 Å². The monoisotopic (exact) mass is 318 g/mol. The maximum Gasteiger partial charge on any atom is 0.332 e. The predicted octanol–water partition coefficient (Wildman–Crippen LogP) is 1.47. The number of benzene rings is 1. The van der Waals surface area contributed by atoms with E-state index in [0.717, 1.165) is 4.57 Å². The molecule has 22 heavy (non-hydrogen) atoms. The Morgan fingerprint density at radius 1 is 1.05 bits per heavy atom. The number of aromatic nitrogens is 4. The van der Waals surface area contributed by atoms with Crippen LogP contribution in [0.5, 0.6) is 11.6 Å². The molecule has 0 fully saturated rings. The number of para-hydroxylation sites is 1. The van der Waals surface area contributed by atoms with E-state index in [0.29, 0.717) is 5.75 Å². The maximum atomic E-state index is 12.1. The second-order valence-electron chi connectivity index (χ2n) is 4.61. The van der Waals surface area contributed by atoms with Crippen LogP contribution < -0.4 is 16.0 Å². The number of hydrogen-bond donors (Lipinski definition) is 0. The first-order chi connectivity index (χ1) is 10.5. The van der Waals surface area contributed by atoms with Crippen LogP contribution >= 0.6 is 11.6 Å². The van der Waals surface area contributed by atoms with Crippen LogP contribution in [0.2, 0.25) is 5.15 Å². The molecule has 0 aliphatic heterocycles. The van der Waals surface area contributed by atoms with E-state index < -0.39 is 11.2 Å². The molecule has 0 spiro atoms. The van der Waals surface area contributed by atoms with Gasteiger partial charge in [0.1, 0.15) is 5.75 Å². The topological polar surface area (TPSA) is 79.0 Å². The van der Waals surface area contributed by atoms with E-state index in [1.807, 2.05) is 6.07 Å². The van der Waals surface area contributed by atoms with Gasteiger partial charge in [0.15, 0.2) is 16.3 Å². The Labute approximate surface area is 129 Å². The Kier molecular flexibility index (Phi) is 3.42. The van der Waals surface area contributed by atoms with Crippen LogP contribution in [0.25, 0.3) is 11.2 Å². The molecule has 0 aliphatic rings. The summed E-state index contributed by atoms with van der Waals surface area (Å²) in [5.41, 5.74) is -0.933. The van der Waals surface area contributed by atoms with Gasteiger partial charge in [0.25, 0.3) is 11.4 Å². The van der Waals surface area contributed by atoms with Crippen LogP contribution in [0.1, 0.15) is 0 Å². The van der Waals surface area contributed by atoms with Gasteiger partial charge in [-0.1, -0.05) is 29.8 Å². The highest BCUT2D eigenvalue weighted by molar-refractivity contribution is 6.31. The van der Waals surface area contributed by atoms with Crippen molar-refractivity contribution < 1.29 is 4.74 Å². The Balaban J connectivity index is 2.24. The average Bonchev–Trinajstić information content (AvgIpc) is 2.53. The largest absolute Gasteiger partial charge is 0.436 e. The summed E-state index contributed by atoms with van der Waals surface area (Å²) in [7, 11) is 2.87. The summed E-state index contributed by atoms with van der Waals surface area (Å²) in [4.78, 5) is 32.2. The van der Waals surface area contributed by atoms with Crippen LogP contribution in [0.15, 0.2) is 39.9 Å². The van der Waals surface area contributed by atoms with Crippen molar-refractivity contribution in [1.29, 1.82) is 0 Å². The van der Waals surface area contributed by atoms with Gasteiger partial charge in [-0.25, -0.2) is 9.78 Å². The summed E-state index contributed by atoms with van der Waals surface area (Å²) in [5, 5.41) is -0.0490. The van der Waals surface area contributed by atoms with Gasteiger partial charge in [-0.05, 0) is 12.1 Å². The van der Waals surface area contributed by atoms with Crippen molar-refractivity contribution in [2.75, 3.05) is 0 Å². The van der Waals surface area contributed by atoms with Gasteiger partial charge in [-0.2, -0.15) is 4.98 Å².